The maximum atomic E-state index is 13.8. The second-order valence-electron chi connectivity index (χ2n) is 9.36. The van der Waals surface area contributed by atoms with Crippen LogP contribution in [0.1, 0.15) is 53.7 Å². The third-order valence-corrected chi connectivity index (χ3v) is 9.27. The first kappa shape index (κ1) is 26.3. The molecule has 2 aromatic carbocycles. The first-order valence-corrected chi connectivity index (χ1v) is 14.9. The molecule has 0 atom stereocenters. The predicted octanol–water partition coefficient (Wildman–Crippen LogP) is 6.22. The van der Waals surface area contributed by atoms with Crippen molar-refractivity contribution in [2.24, 2.45) is 0 Å². The Morgan fingerprint density at radius 3 is 2.25 bits per heavy atom. The molecule has 0 N–H and O–H groups in total. The van der Waals surface area contributed by atoms with Crippen LogP contribution in [0.15, 0.2) is 77.5 Å². The number of thiophene rings is 1. The van der Waals surface area contributed by atoms with Gasteiger partial charge < -0.3 is 4.90 Å². The predicted molar refractivity (Wildman–Crippen MR) is 148 cm³/mol. The highest BCUT2D eigenvalue weighted by Gasteiger charge is 2.33. The van der Waals surface area contributed by atoms with Gasteiger partial charge in [-0.25, -0.2) is 8.42 Å². The van der Waals surface area contributed by atoms with E-state index in [1.165, 1.54) is 9.71 Å². The van der Waals surface area contributed by atoms with Crippen molar-refractivity contribution in [3.05, 3.63) is 99.1 Å². The molecule has 1 aliphatic carbocycles. The molecule has 0 unspecified atom stereocenters. The van der Waals surface area contributed by atoms with Crippen molar-refractivity contribution in [1.82, 2.24) is 9.21 Å². The van der Waals surface area contributed by atoms with E-state index in [0.717, 1.165) is 53.7 Å². The van der Waals surface area contributed by atoms with Crippen LogP contribution in [0.2, 0.25) is 0 Å². The van der Waals surface area contributed by atoms with Crippen LogP contribution < -0.4 is 0 Å². The fraction of sp³-hybridized carbons (Fsp3) is 0.345. The highest BCUT2D eigenvalue weighted by molar-refractivity contribution is 7.92. The van der Waals surface area contributed by atoms with Gasteiger partial charge in [0.2, 0.25) is 15.9 Å². The summed E-state index contributed by atoms with van der Waals surface area (Å²) in [5.41, 5.74) is 2.99. The minimum Gasteiger partial charge on any atom is -0.332 e. The summed E-state index contributed by atoms with van der Waals surface area (Å²) >= 11 is 1.63. The Kier molecular flexibility index (Phi) is 9.13. The second kappa shape index (κ2) is 12.5. The maximum absolute atomic E-state index is 13.8. The number of amides is 1. The number of hydrogen-bond donors (Lipinski definition) is 0. The van der Waals surface area contributed by atoms with Gasteiger partial charge in [0.05, 0.1) is 13.1 Å². The second-order valence-corrected chi connectivity index (χ2v) is 12.1. The molecule has 5 nitrogen and oxygen atoms in total. The van der Waals surface area contributed by atoms with Gasteiger partial charge in [-0.15, -0.1) is 11.3 Å². The lowest BCUT2D eigenvalue weighted by Crippen LogP contribution is -2.47. The minimum absolute atomic E-state index is 0.149. The summed E-state index contributed by atoms with van der Waals surface area (Å²) in [6.45, 7) is 2.80. The molecule has 1 aromatic heterocycles. The van der Waals surface area contributed by atoms with Crippen LogP contribution in [0.4, 0.5) is 0 Å². The van der Waals surface area contributed by atoms with E-state index in [4.69, 9.17) is 0 Å². The quantitative estimate of drug-likeness (QED) is 0.318. The van der Waals surface area contributed by atoms with Crippen LogP contribution in [0.5, 0.6) is 0 Å². The number of rotatable bonds is 10. The first-order valence-electron chi connectivity index (χ1n) is 12.5. The summed E-state index contributed by atoms with van der Waals surface area (Å²) in [5, 5.41) is 3.29. The highest BCUT2D eigenvalue weighted by atomic mass is 32.2. The molecule has 0 radical (unpaired) electrons. The normalized spacial score (nSPS) is 14.9. The van der Waals surface area contributed by atoms with Gasteiger partial charge in [0.15, 0.2) is 0 Å². The maximum Gasteiger partial charge on any atom is 0.238 e. The summed E-state index contributed by atoms with van der Waals surface area (Å²) in [6.07, 6.45) is 6.26. The van der Waals surface area contributed by atoms with Crippen LogP contribution in [-0.2, 0) is 27.9 Å². The monoisotopic (exact) mass is 522 g/mol. The topological polar surface area (TPSA) is 57.7 Å². The zero-order chi connectivity index (χ0) is 25.4. The van der Waals surface area contributed by atoms with Crippen LogP contribution >= 0.6 is 11.3 Å². The van der Waals surface area contributed by atoms with E-state index in [2.05, 4.69) is 6.07 Å². The highest BCUT2D eigenvalue weighted by Crippen LogP contribution is 2.27. The van der Waals surface area contributed by atoms with E-state index in [1.807, 2.05) is 73.0 Å². The SMILES string of the molecule is Cc1ccsc1CN(Cc1ccccc1)C(=O)CN(C1CCCCC1)S(=O)(=O)C=Cc1ccccc1. The molecule has 0 bridgehead atoms. The first-order chi connectivity index (χ1) is 17.4. The summed E-state index contributed by atoms with van der Waals surface area (Å²) in [7, 11) is -3.78. The summed E-state index contributed by atoms with van der Waals surface area (Å²) in [6, 6.07) is 21.2. The van der Waals surface area contributed by atoms with Crippen molar-refractivity contribution in [3.8, 4) is 0 Å². The number of aryl methyl sites for hydroxylation is 1. The van der Waals surface area contributed by atoms with Crippen LogP contribution in [-0.4, -0.2) is 36.1 Å². The molecule has 36 heavy (non-hydrogen) atoms. The van der Waals surface area contributed by atoms with Crippen molar-refractivity contribution in [1.29, 1.82) is 0 Å². The molecular weight excluding hydrogens is 488 g/mol. The fourth-order valence-corrected chi connectivity index (χ4v) is 6.93. The van der Waals surface area contributed by atoms with Gasteiger partial charge >= 0.3 is 0 Å². The average Bonchev–Trinajstić information content (AvgIpc) is 3.31. The van der Waals surface area contributed by atoms with Crippen LogP contribution in [0.25, 0.3) is 6.08 Å². The molecular formula is C29H34N2O3S2. The molecule has 4 rings (SSSR count). The Bertz CT molecular complexity index is 1250. The van der Waals surface area contributed by atoms with Gasteiger partial charge in [0.1, 0.15) is 0 Å². The van der Waals surface area contributed by atoms with E-state index in [0.29, 0.717) is 13.1 Å². The number of sulfonamides is 1. The third-order valence-electron chi connectivity index (χ3n) is 6.70. The van der Waals surface area contributed by atoms with Crippen molar-refractivity contribution in [2.45, 2.75) is 58.2 Å². The van der Waals surface area contributed by atoms with E-state index in [1.54, 1.807) is 22.3 Å². The Balaban J connectivity index is 1.59. The largest absolute Gasteiger partial charge is 0.332 e. The Labute approximate surface area is 219 Å². The zero-order valence-electron chi connectivity index (χ0n) is 20.8. The molecule has 1 heterocycles. The Morgan fingerprint density at radius 1 is 0.944 bits per heavy atom. The fourth-order valence-electron chi connectivity index (χ4n) is 4.61. The summed E-state index contributed by atoms with van der Waals surface area (Å²) in [4.78, 5) is 16.7. The molecule has 190 valence electrons. The van der Waals surface area contributed by atoms with E-state index >= 15 is 0 Å². The molecule has 1 saturated carbocycles. The lowest BCUT2D eigenvalue weighted by atomic mass is 9.95. The lowest BCUT2D eigenvalue weighted by molar-refractivity contribution is -0.133. The van der Waals surface area contributed by atoms with E-state index in [9.17, 15) is 13.2 Å². The summed E-state index contributed by atoms with van der Waals surface area (Å²) in [5.74, 6) is -0.172. The molecule has 7 heteroatoms. The minimum atomic E-state index is -3.78. The van der Waals surface area contributed by atoms with Gasteiger partial charge in [0, 0.05) is 22.9 Å². The van der Waals surface area contributed by atoms with Crippen molar-refractivity contribution >= 4 is 33.3 Å². The molecule has 1 fully saturated rings. The third kappa shape index (κ3) is 7.15. The van der Waals surface area contributed by atoms with E-state index in [-0.39, 0.29) is 18.5 Å². The zero-order valence-corrected chi connectivity index (χ0v) is 22.4. The van der Waals surface area contributed by atoms with Crippen LogP contribution in [0.3, 0.4) is 0 Å². The van der Waals surface area contributed by atoms with Gasteiger partial charge in [-0.2, -0.15) is 4.31 Å². The van der Waals surface area contributed by atoms with Crippen LogP contribution in [0, 0.1) is 6.92 Å². The Hall–Kier alpha value is -2.74. The van der Waals surface area contributed by atoms with Gasteiger partial charge in [-0.3, -0.25) is 4.79 Å². The average molecular weight is 523 g/mol. The van der Waals surface area contributed by atoms with Crippen molar-refractivity contribution in [2.75, 3.05) is 6.54 Å². The van der Waals surface area contributed by atoms with Crippen molar-refractivity contribution < 1.29 is 13.2 Å². The van der Waals surface area contributed by atoms with Gasteiger partial charge in [-0.05, 0) is 54.0 Å². The van der Waals surface area contributed by atoms with E-state index < -0.39 is 10.0 Å². The summed E-state index contributed by atoms with van der Waals surface area (Å²) < 4.78 is 28.6. The number of carbonyl (C=O) groups excluding carboxylic acids is 1. The van der Waals surface area contributed by atoms with Gasteiger partial charge in [0.25, 0.3) is 0 Å². The molecule has 1 aliphatic rings. The Morgan fingerprint density at radius 2 is 1.61 bits per heavy atom. The number of benzene rings is 2. The number of hydrogen-bond acceptors (Lipinski definition) is 4. The number of carbonyl (C=O) groups is 1. The molecule has 0 saturated heterocycles. The molecule has 0 spiro atoms. The lowest BCUT2D eigenvalue weighted by Gasteiger charge is -2.34. The molecule has 0 aliphatic heterocycles. The van der Waals surface area contributed by atoms with Gasteiger partial charge in [-0.1, -0.05) is 79.9 Å². The molecule has 1 amide bonds. The molecule has 3 aromatic rings. The number of nitrogens with zero attached hydrogens (tertiary/aromatic N) is 2. The van der Waals surface area contributed by atoms with Crippen molar-refractivity contribution in [3.63, 3.8) is 0 Å². The smallest absolute Gasteiger partial charge is 0.238 e. The standard InChI is InChI=1S/C29H34N2O3S2/c1-24-17-19-35-28(24)22-30(21-26-13-7-3-8-14-26)29(32)23-31(27-15-9-4-10-16-27)36(33,34)20-18-25-11-5-2-6-12-25/h2-3,5-8,11-14,17-20,27H,4,9-10,15-16,21-23H2,1H3.